The number of methoxy groups -OCH3 is 2. The van der Waals surface area contributed by atoms with Gasteiger partial charge in [0.1, 0.15) is 5.82 Å². The summed E-state index contributed by atoms with van der Waals surface area (Å²) in [6, 6.07) is 14.8. The van der Waals surface area contributed by atoms with Crippen LogP contribution in [-0.4, -0.2) is 43.3 Å². The van der Waals surface area contributed by atoms with Crippen LogP contribution < -0.4 is 10.6 Å². The molecule has 0 bridgehead atoms. The normalized spacial score (nSPS) is 10.6. The molecule has 2 N–H and O–H groups in total. The van der Waals surface area contributed by atoms with Crippen LogP contribution in [0.4, 0.5) is 17.5 Å². The van der Waals surface area contributed by atoms with Crippen molar-refractivity contribution in [3.05, 3.63) is 54.1 Å². The van der Waals surface area contributed by atoms with E-state index in [-0.39, 0.29) is 0 Å². The number of carbonyl (C=O) groups is 1. The third-order valence-corrected chi connectivity index (χ3v) is 3.96. The van der Waals surface area contributed by atoms with Gasteiger partial charge in [-0.05, 0) is 36.8 Å². The number of nitrogens with zero attached hydrogens (tertiary/aromatic N) is 2. The summed E-state index contributed by atoms with van der Waals surface area (Å²) in [6.07, 6.45) is 0.874. The van der Waals surface area contributed by atoms with E-state index in [0.29, 0.717) is 23.8 Å². The van der Waals surface area contributed by atoms with Crippen LogP contribution in [0, 0.1) is 0 Å². The molecular formula is C20H22N4O3. The minimum atomic E-state index is -0.390. The quantitative estimate of drug-likeness (QED) is 0.465. The highest BCUT2D eigenvalue weighted by molar-refractivity contribution is 5.91. The molecule has 0 atom stereocenters. The van der Waals surface area contributed by atoms with Gasteiger partial charge in [0.15, 0.2) is 0 Å². The van der Waals surface area contributed by atoms with Crippen molar-refractivity contribution in [3.63, 3.8) is 0 Å². The number of para-hydroxylation sites is 1. The molecule has 0 unspecified atom stereocenters. The Morgan fingerprint density at radius 1 is 1.07 bits per heavy atom. The lowest BCUT2D eigenvalue weighted by atomic mass is 10.2. The number of carbonyl (C=O) groups excluding carboxylic acids is 1. The summed E-state index contributed by atoms with van der Waals surface area (Å²) < 4.78 is 9.85. The highest BCUT2D eigenvalue weighted by Crippen LogP contribution is 2.24. The minimum absolute atomic E-state index is 0.390. The second-order valence-electron chi connectivity index (χ2n) is 5.88. The van der Waals surface area contributed by atoms with Crippen LogP contribution >= 0.6 is 0 Å². The first-order valence-corrected chi connectivity index (χ1v) is 8.66. The van der Waals surface area contributed by atoms with Gasteiger partial charge in [-0.3, -0.25) is 0 Å². The molecule has 0 aliphatic carbocycles. The van der Waals surface area contributed by atoms with Crippen molar-refractivity contribution >= 4 is 34.3 Å². The van der Waals surface area contributed by atoms with Gasteiger partial charge >= 0.3 is 5.97 Å². The molecule has 3 aromatic rings. The van der Waals surface area contributed by atoms with Gasteiger partial charge in [-0.15, -0.1) is 0 Å². The molecule has 0 saturated carbocycles. The maximum absolute atomic E-state index is 11.7. The van der Waals surface area contributed by atoms with Crippen molar-refractivity contribution in [3.8, 4) is 0 Å². The summed E-state index contributed by atoms with van der Waals surface area (Å²) in [4.78, 5) is 20.9. The predicted molar refractivity (Wildman–Crippen MR) is 106 cm³/mol. The van der Waals surface area contributed by atoms with Crippen LogP contribution in [0.1, 0.15) is 16.8 Å². The van der Waals surface area contributed by atoms with Gasteiger partial charge in [0.05, 0.1) is 18.2 Å². The van der Waals surface area contributed by atoms with Crippen molar-refractivity contribution in [2.75, 3.05) is 38.0 Å². The van der Waals surface area contributed by atoms with E-state index in [1.807, 2.05) is 30.3 Å². The van der Waals surface area contributed by atoms with Crippen LogP contribution in [0.2, 0.25) is 0 Å². The molecule has 0 aliphatic heterocycles. The Hall–Kier alpha value is -3.19. The highest BCUT2D eigenvalue weighted by Gasteiger charge is 2.09. The lowest BCUT2D eigenvalue weighted by molar-refractivity contribution is 0.0601. The molecule has 0 saturated heterocycles. The SMILES string of the molecule is COCCCNc1nc(Nc2cccc(C(=O)OC)c2)nc2ccccc12. The van der Waals surface area contributed by atoms with Gasteiger partial charge in [0, 0.05) is 31.3 Å². The summed E-state index contributed by atoms with van der Waals surface area (Å²) >= 11 is 0. The molecule has 140 valence electrons. The van der Waals surface area contributed by atoms with Crippen molar-refractivity contribution < 1.29 is 14.3 Å². The fraction of sp³-hybridized carbons (Fsp3) is 0.250. The molecule has 0 aliphatic rings. The number of hydrogen-bond acceptors (Lipinski definition) is 7. The zero-order chi connectivity index (χ0) is 19.1. The molecule has 7 heteroatoms. The Bertz CT molecular complexity index is 930. The molecule has 27 heavy (non-hydrogen) atoms. The standard InChI is InChI=1S/C20H22N4O3/c1-26-12-6-11-21-18-16-9-3-4-10-17(16)23-20(24-18)22-15-8-5-7-14(13-15)19(25)27-2/h3-5,7-10,13H,6,11-12H2,1-2H3,(H2,21,22,23,24). The van der Waals surface area contributed by atoms with Crippen molar-refractivity contribution in [2.24, 2.45) is 0 Å². The van der Waals surface area contributed by atoms with E-state index in [0.717, 1.165) is 29.7 Å². The number of fused-ring (bicyclic) bond motifs is 1. The topological polar surface area (TPSA) is 85.4 Å². The highest BCUT2D eigenvalue weighted by atomic mass is 16.5. The molecule has 0 radical (unpaired) electrons. The molecule has 0 amide bonds. The zero-order valence-electron chi connectivity index (χ0n) is 15.4. The van der Waals surface area contributed by atoms with Gasteiger partial charge in [0.2, 0.25) is 5.95 Å². The smallest absolute Gasteiger partial charge is 0.337 e. The first kappa shape index (κ1) is 18.6. The number of esters is 1. The first-order chi connectivity index (χ1) is 13.2. The summed E-state index contributed by atoms with van der Waals surface area (Å²) in [5.74, 6) is 0.812. The van der Waals surface area contributed by atoms with E-state index >= 15 is 0 Å². The van der Waals surface area contributed by atoms with Gasteiger partial charge in [-0.1, -0.05) is 18.2 Å². The third-order valence-electron chi connectivity index (χ3n) is 3.96. The number of anilines is 3. The third kappa shape index (κ3) is 4.71. The molecular weight excluding hydrogens is 344 g/mol. The molecule has 1 aromatic heterocycles. The largest absolute Gasteiger partial charge is 0.465 e. The number of rotatable bonds is 8. The van der Waals surface area contributed by atoms with Gasteiger partial charge in [-0.2, -0.15) is 4.98 Å². The van der Waals surface area contributed by atoms with Gasteiger partial charge in [-0.25, -0.2) is 9.78 Å². The van der Waals surface area contributed by atoms with E-state index in [4.69, 9.17) is 9.47 Å². The van der Waals surface area contributed by atoms with Crippen molar-refractivity contribution in [1.29, 1.82) is 0 Å². The van der Waals surface area contributed by atoms with E-state index < -0.39 is 5.97 Å². The summed E-state index contributed by atoms with van der Waals surface area (Å²) in [5.41, 5.74) is 1.99. The number of nitrogens with one attached hydrogen (secondary N) is 2. The van der Waals surface area contributed by atoms with E-state index in [2.05, 4.69) is 20.6 Å². The molecule has 1 heterocycles. The predicted octanol–water partition coefficient (Wildman–Crippen LogP) is 3.61. The van der Waals surface area contributed by atoms with Crippen LogP contribution in [0.15, 0.2) is 48.5 Å². The minimum Gasteiger partial charge on any atom is -0.465 e. The average Bonchev–Trinajstić information content (AvgIpc) is 2.70. The Morgan fingerprint density at radius 2 is 1.93 bits per heavy atom. The van der Waals surface area contributed by atoms with E-state index in [9.17, 15) is 4.79 Å². The Kier molecular flexibility index (Phi) is 6.17. The van der Waals surface area contributed by atoms with Crippen LogP contribution in [0.5, 0.6) is 0 Å². The molecule has 3 rings (SSSR count). The molecule has 0 fully saturated rings. The number of aromatic nitrogens is 2. The number of ether oxygens (including phenoxy) is 2. The number of benzene rings is 2. The monoisotopic (exact) mass is 366 g/mol. The lowest BCUT2D eigenvalue weighted by Crippen LogP contribution is -2.09. The maximum Gasteiger partial charge on any atom is 0.337 e. The Balaban J connectivity index is 1.87. The van der Waals surface area contributed by atoms with Gasteiger partial charge in [0.25, 0.3) is 0 Å². The van der Waals surface area contributed by atoms with Crippen LogP contribution in [0.25, 0.3) is 10.9 Å². The van der Waals surface area contributed by atoms with E-state index in [1.54, 1.807) is 25.3 Å². The Morgan fingerprint density at radius 3 is 2.74 bits per heavy atom. The molecule has 0 spiro atoms. The second kappa shape index (κ2) is 8.95. The van der Waals surface area contributed by atoms with E-state index in [1.165, 1.54) is 7.11 Å². The van der Waals surface area contributed by atoms with Crippen LogP contribution in [-0.2, 0) is 9.47 Å². The molecule has 7 nitrogen and oxygen atoms in total. The van der Waals surface area contributed by atoms with Gasteiger partial charge < -0.3 is 20.1 Å². The maximum atomic E-state index is 11.7. The fourth-order valence-corrected chi connectivity index (χ4v) is 2.66. The molecule has 2 aromatic carbocycles. The zero-order valence-corrected chi connectivity index (χ0v) is 15.4. The average molecular weight is 366 g/mol. The Labute approximate surface area is 157 Å². The fourth-order valence-electron chi connectivity index (χ4n) is 2.66. The second-order valence-corrected chi connectivity index (χ2v) is 5.88. The van der Waals surface area contributed by atoms with Crippen molar-refractivity contribution in [2.45, 2.75) is 6.42 Å². The first-order valence-electron chi connectivity index (χ1n) is 8.66. The lowest BCUT2D eigenvalue weighted by Gasteiger charge is -2.12. The van der Waals surface area contributed by atoms with Crippen molar-refractivity contribution in [1.82, 2.24) is 9.97 Å². The summed E-state index contributed by atoms with van der Waals surface area (Å²) in [6.45, 7) is 1.42. The number of hydrogen-bond donors (Lipinski definition) is 2. The summed E-state index contributed by atoms with van der Waals surface area (Å²) in [5, 5.41) is 7.45. The van der Waals surface area contributed by atoms with Crippen LogP contribution in [0.3, 0.4) is 0 Å². The summed E-state index contributed by atoms with van der Waals surface area (Å²) in [7, 11) is 3.04.